The van der Waals surface area contributed by atoms with E-state index in [0.717, 1.165) is 24.9 Å². The Kier molecular flexibility index (Phi) is 6.35. The van der Waals surface area contributed by atoms with E-state index in [-0.39, 0.29) is 24.2 Å². The summed E-state index contributed by atoms with van der Waals surface area (Å²) in [6, 6.07) is 14.8. The van der Waals surface area contributed by atoms with Crippen molar-refractivity contribution in [1.29, 1.82) is 0 Å². The number of nitrogens with one attached hydrogen (secondary N) is 1. The van der Waals surface area contributed by atoms with Crippen LogP contribution in [-0.4, -0.2) is 34.2 Å². The van der Waals surface area contributed by atoms with Gasteiger partial charge in [0, 0.05) is 24.5 Å². The molecule has 1 fully saturated rings. The summed E-state index contributed by atoms with van der Waals surface area (Å²) in [6.07, 6.45) is 5.33. The number of amides is 1. The number of likely N-dealkylation sites (tertiary alicyclic amines) is 1. The Morgan fingerprint density at radius 3 is 2.54 bits per heavy atom. The fraction of sp³-hybridized carbons (Fsp3) is 0.478. The number of pyridine rings is 1. The van der Waals surface area contributed by atoms with Crippen LogP contribution < -0.4 is 5.32 Å². The van der Waals surface area contributed by atoms with Gasteiger partial charge in [0.05, 0.1) is 6.04 Å². The third-order valence-electron chi connectivity index (χ3n) is 5.22. The molecule has 3 atom stereocenters. The molecule has 5 nitrogen and oxygen atoms in total. The number of aromatic nitrogens is 1. The molecular formula is C23H31N3O2. The SMILES string of the molecule is C[C@H](c1ccccc1)N1CCCC1C(NC(=O)OC(C)(C)C)c1cccnc1. The summed E-state index contributed by atoms with van der Waals surface area (Å²) in [7, 11) is 0. The van der Waals surface area contributed by atoms with Crippen LogP contribution in [0.25, 0.3) is 0 Å². The Bertz CT molecular complexity index is 758. The van der Waals surface area contributed by atoms with E-state index in [1.807, 2.05) is 45.2 Å². The van der Waals surface area contributed by atoms with Crippen molar-refractivity contribution >= 4 is 6.09 Å². The highest BCUT2D eigenvalue weighted by Crippen LogP contribution is 2.35. The molecule has 1 aliphatic heterocycles. The molecule has 2 unspecified atom stereocenters. The van der Waals surface area contributed by atoms with Gasteiger partial charge in [-0.05, 0) is 64.3 Å². The molecule has 2 heterocycles. The van der Waals surface area contributed by atoms with E-state index < -0.39 is 5.60 Å². The summed E-state index contributed by atoms with van der Waals surface area (Å²) >= 11 is 0. The molecule has 1 aromatic carbocycles. The van der Waals surface area contributed by atoms with Crippen LogP contribution in [-0.2, 0) is 4.74 Å². The van der Waals surface area contributed by atoms with Crippen molar-refractivity contribution in [1.82, 2.24) is 15.2 Å². The standard InChI is InChI=1S/C23H31N3O2/c1-17(18-10-6-5-7-11-18)26-15-9-13-20(26)21(19-12-8-14-24-16-19)25-22(27)28-23(2,3)4/h5-8,10-12,14,16-17,20-21H,9,13,15H2,1-4H3,(H,25,27)/t17-,20?,21?/m1/s1. The Morgan fingerprint density at radius 2 is 1.89 bits per heavy atom. The second kappa shape index (κ2) is 8.74. The third-order valence-corrected chi connectivity index (χ3v) is 5.22. The monoisotopic (exact) mass is 381 g/mol. The van der Waals surface area contributed by atoms with Gasteiger partial charge < -0.3 is 10.1 Å². The van der Waals surface area contributed by atoms with Gasteiger partial charge in [-0.2, -0.15) is 0 Å². The van der Waals surface area contributed by atoms with Crippen LogP contribution in [0.1, 0.15) is 63.7 Å². The van der Waals surface area contributed by atoms with Crippen molar-refractivity contribution in [2.75, 3.05) is 6.54 Å². The molecule has 0 aliphatic carbocycles. The minimum Gasteiger partial charge on any atom is -0.444 e. The molecule has 28 heavy (non-hydrogen) atoms. The maximum absolute atomic E-state index is 12.6. The van der Waals surface area contributed by atoms with Crippen molar-refractivity contribution in [3.05, 3.63) is 66.0 Å². The molecule has 1 saturated heterocycles. The van der Waals surface area contributed by atoms with E-state index in [1.165, 1.54) is 5.56 Å². The second-order valence-corrected chi connectivity index (χ2v) is 8.44. The molecule has 1 aromatic heterocycles. The maximum atomic E-state index is 12.6. The summed E-state index contributed by atoms with van der Waals surface area (Å²) in [5.41, 5.74) is 1.76. The average Bonchev–Trinajstić information content (AvgIpc) is 3.15. The first-order chi connectivity index (χ1) is 13.3. The lowest BCUT2D eigenvalue weighted by Crippen LogP contribution is -2.45. The van der Waals surface area contributed by atoms with Crippen LogP contribution in [0.2, 0.25) is 0 Å². The first-order valence-corrected chi connectivity index (χ1v) is 10.1. The Balaban J connectivity index is 1.85. The van der Waals surface area contributed by atoms with Gasteiger partial charge in [0.25, 0.3) is 0 Å². The largest absolute Gasteiger partial charge is 0.444 e. The molecule has 3 rings (SSSR count). The number of carbonyl (C=O) groups is 1. The second-order valence-electron chi connectivity index (χ2n) is 8.44. The van der Waals surface area contributed by atoms with Crippen LogP contribution in [0.4, 0.5) is 4.79 Å². The van der Waals surface area contributed by atoms with E-state index in [0.29, 0.717) is 0 Å². The zero-order chi connectivity index (χ0) is 20.1. The zero-order valence-corrected chi connectivity index (χ0v) is 17.3. The zero-order valence-electron chi connectivity index (χ0n) is 17.3. The molecule has 150 valence electrons. The fourth-order valence-corrected chi connectivity index (χ4v) is 3.97. The number of rotatable bonds is 5. The number of benzene rings is 1. The highest BCUT2D eigenvalue weighted by Gasteiger charge is 2.37. The summed E-state index contributed by atoms with van der Waals surface area (Å²) in [6.45, 7) is 8.88. The summed E-state index contributed by atoms with van der Waals surface area (Å²) < 4.78 is 5.54. The number of alkyl carbamates (subject to hydrolysis) is 1. The van der Waals surface area contributed by atoms with Gasteiger partial charge in [-0.25, -0.2) is 4.79 Å². The first kappa shape index (κ1) is 20.3. The number of hydrogen-bond donors (Lipinski definition) is 1. The number of nitrogens with zero attached hydrogens (tertiary/aromatic N) is 2. The smallest absolute Gasteiger partial charge is 0.408 e. The van der Waals surface area contributed by atoms with Crippen LogP contribution in [0.3, 0.4) is 0 Å². The highest BCUT2D eigenvalue weighted by molar-refractivity contribution is 5.68. The maximum Gasteiger partial charge on any atom is 0.408 e. The van der Waals surface area contributed by atoms with Gasteiger partial charge >= 0.3 is 6.09 Å². The van der Waals surface area contributed by atoms with Gasteiger partial charge in [-0.3, -0.25) is 9.88 Å². The first-order valence-electron chi connectivity index (χ1n) is 10.1. The number of carbonyl (C=O) groups excluding carboxylic acids is 1. The minimum atomic E-state index is -0.531. The van der Waals surface area contributed by atoms with Gasteiger partial charge in [-0.15, -0.1) is 0 Å². The Hall–Kier alpha value is -2.40. The van der Waals surface area contributed by atoms with Crippen molar-refractivity contribution in [3.63, 3.8) is 0 Å². The van der Waals surface area contributed by atoms with E-state index in [4.69, 9.17) is 4.74 Å². The average molecular weight is 382 g/mol. The molecule has 0 bridgehead atoms. The third kappa shape index (κ3) is 5.10. The molecule has 5 heteroatoms. The van der Waals surface area contributed by atoms with Gasteiger partial charge in [0.2, 0.25) is 0 Å². The van der Waals surface area contributed by atoms with Crippen molar-refractivity contribution in [2.24, 2.45) is 0 Å². The molecule has 0 saturated carbocycles. The fourth-order valence-electron chi connectivity index (χ4n) is 3.97. The molecule has 1 aliphatic rings. The predicted molar refractivity (Wildman–Crippen MR) is 111 cm³/mol. The van der Waals surface area contributed by atoms with Gasteiger partial charge in [0.1, 0.15) is 5.60 Å². The summed E-state index contributed by atoms with van der Waals surface area (Å²) in [5, 5.41) is 3.13. The summed E-state index contributed by atoms with van der Waals surface area (Å²) in [5.74, 6) is 0. The van der Waals surface area contributed by atoms with Gasteiger partial charge in [-0.1, -0.05) is 36.4 Å². The van der Waals surface area contributed by atoms with Crippen molar-refractivity contribution in [2.45, 2.75) is 64.3 Å². The van der Waals surface area contributed by atoms with E-state index in [1.54, 1.807) is 6.20 Å². The van der Waals surface area contributed by atoms with Crippen LogP contribution >= 0.6 is 0 Å². The lowest BCUT2D eigenvalue weighted by molar-refractivity contribution is 0.0459. The quantitative estimate of drug-likeness (QED) is 0.802. The van der Waals surface area contributed by atoms with E-state index in [9.17, 15) is 4.79 Å². The Morgan fingerprint density at radius 1 is 1.18 bits per heavy atom. The molecule has 2 aromatic rings. The highest BCUT2D eigenvalue weighted by atomic mass is 16.6. The van der Waals surface area contributed by atoms with Crippen molar-refractivity contribution in [3.8, 4) is 0 Å². The lowest BCUT2D eigenvalue weighted by Gasteiger charge is -2.36. The topological polar surface area (TPSA) is 54.5 Å². The van der Waals surface area contributed by atoms with E-state index in [2.05, 4.69) is 46.4 Å². The molecule has 1 amide bonds. The number of ether oxygens (including phenoxy) is 1. The minimum absolute atomic E-state index is 0.169. The van der Waals surface area contributed by atoms with Crippen molar-refractivity contribution < 1.29 is 9.53 Å². The lowest BCUT2D eigenvalue weighted by atomic mass is 9.96. The molecule has 0 spiro atoms. The van der Waals surface area contributed by atoms with Crippen LogP contribution in [0.15, 0.2) is 54.9 Å². The van der Waals surface area contributed by atoms with Gasteiger partial charge in [0.15, 0.2) is 0 Å². The molecular weight excluding hydrogens is 350 g/mol. The van der Waals surface area contributed by atoms with E-state index >= 15 is 0 Å². The normalized spacial score (nSPS) is 19.8. The van der Waals surface area contributed by atoms with Crippen LogP contribution in [0, 0.1) is 0 Å². The Labute approximate surface area is 168 Å². The molecule has 0 radical (unpaired) electrons. The van der Waals surface area contributed by atoms with Crippen LogP contribution in [0.5, 0.6) is 0 Å². The molecule has 1 N–H and O–H groups in total. The summed E-state index contributed by atoms with van der Waals surface area (Å²) in [4.78, 5) is 19.3. The predicted octanol–water partition coefficient (Wildman–Crippen LogP) is 4.87. The number of hydrogen-bond acceptors (Lipinski definition) is 4.